The van der Waals surface area contributed by atoms with Crippen molar-refractivity contribution in [1.29, 1.82) is 0 Å². The number of hydrogen-bond acceptors (Lipinski definition) is 5. The summed E-state index contributed by atoms with van der Waals surface area (Å²) < 4.78 is 0. The third-order valence-corrected chi connectivity index (χ3v) is 6.48. The van der Waals surface area contributed by atoms with Crippen LogP contribution in [0, 0.1) is 0 Å². The maximum Gasteiger partial charge on any atom is 0.238 e. The molecule has 0 spiro atoms. The highest BCUT2D eigenvalue weighted by molar-refractivity contribution is 7.99. The Balaban J connectivity index is 1.59. The van der Waals surface area contributed by atoms with Crippen LogP contribution in [0.15, 0.2) is 58.3 Å². The second kappa shape index (κ2) is 6.70. The third-order valence-electron chi connectivity index (χ3n) is 5.50. The fraction of sp³-hybridized carbons (Fsp3) is 0.350. The summed E-state index contributed by atoms with van der Waals surface area (Å²) in [7, 11) is 0. The number of fused-ring (bicyclic) bond motifs is 8. The van der Waals surface area contributed by atoms with Gasteiger partial charge >= 0.3 is 0 Å². The fourth-order valence-corrected chi connectivity index (χ4v) is 5.32. The average Bonchev–Trinajstić information content (AvgIpc) is 3.10. The van der Waals surface area contributed by atoms with Crippen LogP contribution in [0.25, 0.3) is 0 Å². The van der Waals surface area contributed by atoms with E-state index in [-0.39, 0.29) is 11.9 Å². The Morgan fingerprint density at radius 3 is 2.81 bits per heavy atom. The third kappa shape index (κ3) is 3.03. The van der Waals surface area contributed by atoms with Crippen molar-refractivity contribution in [2.45, 2.75) is 34.3 Å². The number of carbonyl (C=O) groups is 1. The van der Waals surface area contributed by atoms with Gasteiger partial charge in [-0.15, -0.1) is 0 Å². The highest BCUT2D eigenvalue weighted by atomic mass is 32.2. The molecule has 26 heavy (non-hydrogen) atoms. The summed E-state index contributed by atoms with van der Waals surface area (Å²) in [5, 5.41) is 10.2. The molecule has 134 valence electrons. The van der Waals surface area contributed by atoms with Gasteiger partial charge in [-0.1, -0.05) is 30.0 Å². The van der Waals surface area contributed by atoms with E-state index in [1.807, 2.05) is 18.2 Å². The van der Waals surface area contributed by atoms with Crippen LogP contribution >= 0.6 is 11.8 Å². The van der Waals surface area contributed by atoms with Crippen molar-refractivity contribution in [3.05, 3.63) is 54.1 Å². The summed E-state index contributed by atoms with van der Waals surface area (Å²) in [5.74, 6) is 0.0540. The number of hydrogen-bond donors (Lipinski definition) is 3. The van der Waals surface area contributed by atoms with Gasteiger partial charge < -0.3 is 5.32 Å². The second-order valence-corrected chi connectivity index (χ2v) is 8.32. The Kier molecular flexibility index (Phi) is 4.21. The molecule has 2 aromatic rings. The van der Waals surface area contributed by atoms with Crippen LogP contribution in [0.3, 0.4) is 0 Å². The van der Waals surface area contributed by atoms with Crippen molar-refractivity contribution < 1.29 is 4.79 Å². The zero-order valence-electron chi connectivity index (χ0n) is 14.4. The van der Waals surface area contributed by atoms with Crippen LogP contribution in [0.1, 0.15) is 18.0 Å². The van der Waals surface area contributed by atoms with E-state index in [0.717, 1.165) is 30.2 Å². The van der Waals surface area contributed by atoms with Gasteiger partial charge in [-0.2, -0.15) is 0 Å². The lowest BCUT2D eigenvalue weighted by Crippen LogP contribution is -2.54. The standard InChI is InChI=1S/C20H22N4OS/c25-18-11-24-8-7-17-19(22-12-21-17)20(24)13-3-1-5-15(9-13)26-16-6-2-4-14(10-16)23-18/h1-6,9-10,17,19-22H,7-8,11-12H2,(H,23,25). The summed E-state index contributed by atoms with van der Waals surface area (Å²) in [6, 6.07) is 17.9. The lowest BCUT2D eigenvalue weighted by molar-refractivity contribution is -0.118. The zero-order chi connectivity index (χ0) is 17.5. The number of benzene rings is 2. The van der Waals surface area contributed by atoms with Gasteiger partial charge in [-0.3, -0.25) is 20.3 Å². The number of nitrogens with zero attached hydrogens (tertiary/aromatic N) is 1. The molecular formula is C20H22N4OS. The fourth-order valence-electron chi connectivity index (χ4n) is 4.38. The minimum absolute atomic E-state index is 0.0540. The molecule has 3 aliphatic rings. The van der Waals surface area contributed by atoms with Crippen LogP contribution in [-0.2, 0) is 4.79 Å². The molecule has 0 radical (unpaired) electrons. The predicted molar refractivity (Wildman–Crippen MR) is 103 cm³/mol. The predicted octanol–water partition coefficient (Wildman–Crippen LogP) is 2.42. The number of nitrogens with one attached hydrogen (secondary N) is 3. The Hall–Kier alpha value is -1.86. The smallest absolute Gasteiger partial charge is 0.238 e. The molecular weight excluding hydrogens is 344 g/mol. The Labute approximate surface area is 157 Å². The first-order valence-electron chi connectivity index (χ1n) is 9.15. The summed E-state index contributed by atoms with van der Waals surface area (Å²) in [4.78, 5) is 17.4. The number of amides is 1. The number of rotatable bonds is 0. The SMILES string of the molecule is O=C1CN2CCC3NCNC3C2c2cccc(c2)Sc2cccc(c2)N1. The molecule has 3 atom stereocenters. The normalized spacial score (nSPS) is 28.3. The Morgan fingerprint density at radius 2 is 1.88 bits per heavy atom. The van der Waals surface area contributed by atoms with Gasteiger partial charge in [0.15, 0.2) is 0 Å². The lowest BCUT2D eigenvalue weighted by Gasteiger charge is -2.42. The number of carbonyl (C=O) groups excluding carboxylic acids is 1. The van der Waals surface area contributed by atoms with Crippen molar-refractivity contribution in [2.75, 3.05) is 25.1 Å². The molecule has 0 aromatic heterocycles. The molecule has 2 fully saturated rings. The quantitative estimate of drug-likeness (QED) is 0.669. The van der Waals surface area contributed by atoms with Crippen molar-refractivity contribution in [1.82, 2.24) is 15.5 Å². The van der Waals surface area contributed by atoms with Crippen LogP contribution in [-0.4, -0.2) is 42.6 Å². The zero-order valence-corrected chi connectivity index (χ0v) is 15.3. The van der Waals surface area contributed by atoms with Crippen molar-refractivity contribution in [3.63, 3.8) is 0 Å². The Morgan fingerprint density at radius 1 is 1.04 bits per heavy atom. The number of anilines is 1. The first kappa shape index (κ1) is 16.3. The van der Waals surface area contributed by atoms with E-state index in [1.54, 1.807) is 11.8 Å². The van der Waals surface area contributed by atoms with E-state index in [9.17, 15) is 4.79 Å². The first-order valence-corrected chi connectivity index (χ1v) is 9.96. The summed E-state index contributed by atoms with van der Waals surface area (Å²) >= 11 is 1.74. The van der Waals surface area contributed by atoms with Crippen LogP contribution in [0.5, 0.6) is 0 Å². The molecule has 5 nitrogen and oxygen atoms in total. The summed E-state index contributed by atoms with van der Waals surface area (Å²) in [6.45, 7) is 2.17. The van der Waals surface area contributed by atoms with Gasteiger partial charge in [0.2, 0.25) is 5.91 Å². The van der Waals surface area contributed by atoms with Gasteiger partial charge in [0.25, 0.3) is 0 Å². The van der Waals surface area contributed by atoms with Crippen LogP contribution < -0.4 is 16.0 Å². The summed E-state index contributed by atoms with van der Waals surface area (Å²) in [6.07, 6.45) is 1.06. The molecule has 2 saturated heterocycles. The summed E-state index contributed by atoms with van der Waals surface area (Å²) in [5.41, 5.74) is 2.15. The lowest BCUT2D eigenvalue weighted by atomic mass is 9.87. The number of piperidine rings is 1. The van der Waals surface area contributed by atoms with E-state index in [0.29, 0.717) is 18.6 Å². The Bertz CT molecular complexity index is 842. The molecule has 1 amide bonds. The van der Waals surface area contributed by atoms with Gasteiger partial charge in [0.05, 0.1) is 12.6 Å². The molecule has 4 bridgehead atoms. The molecule has 6 heteroatoms. The molecule has 2 aromatic carbocycles. The maximum absolute atomic E-state index is 12.7. The van der Waals surface area contributed by atoms with Gasteiger partial charge in [0.1, 0.15) is 0 Å². The average molecular weight is 366 g/mol. The van der Waals surface area contributed by atoms with E-state index in [1.165, 1.54) is 10.5 Å². The first-order chi connectivity index (χ1) is 12.8. The van der Waals surface area contributed by atoms with E-state index < -0.39 is 0 Å². The van der Waals surface area contributed by atoms with Gasteiger partial charge in [0, 0.05) is 40.8 Å². The molecule has 3 unspecified atom stereocenters. The molecule has 0 aliphatic carbocycles. The minimum Gasteiger partial charge on any atom is -0.325 e. The highest BCUT2D eigenvalue weighted by Crippen LogP contribution is 2.37. The molecule has 5 rings (SSSR count). The van der Waals surface area contributed by atoms with E-state index in [2.05, 4.69) is 51.2 Å². The van der Waals surface area contributed by atoms with E-state index >= 15 is 0 Å². The van der Waals surface area contributed by atoms with Crippen LogP contribution in [0.2, 0.25) is 0 Å². The van der Waals surface area contributed by atoms with Gasteiger partial charge in [-0.05, 0) is 42.3 Å². The highest BCUT2D eigenvalue weighted by Gasteiger charge is 2.41. The minimum atomic E-state index is 0.0540. The monoisotopic (exact) mass is 366 g/mol. The topological polar surface area (TPSA) is 56.4 Å². The molecule has 3 heterocycles. The van der Waals surface area contributed by atoms with Crippen molar-refractivity contribution in [2.24, 2.45) is 0 Å². The van der Waals surface area contributed by atoms with Crippen LogP contribution in [0.4, 0.5) is 5.69 Å². The molecule has 0 saturated carbocycles. The van der Waals surface area contributed by atoms with E-state index in [4.69, 9.17) is 0 Å². The van der Waals surface area contributed by atoms with Crippen molar-refractivity contribution >= 4 is 23.4 Å². The second-order valence-electron chi connectivity index (χ2n) is 7.17. The van der Waals surface area contributed by atoms with Gasteiger partial charge in [-0.25, -0.2) is 0 Å². The maximum atomic E-state index is 12.7. The van der Waals surface area contributed by atoms with Crippen molar-refractivity contribution in [3.8, 4) is 0 Å². The molecule has 3 aliphatic heterocycles. The largest absolute Gasteiger partial charge is 0.325 e. The molecule has 3 N–H and O–H groups in total.